The number of hydrogen-bond donors (Lipinski definition) is 3. The summed E-state index contributed by atoms with van der Waals surface area (Å²) < 4.78 is 5.02. The summed E-state index contributed by atoms with van der Waals surface area (Å²) in [5, 5.41) is 7.66. The molecular formula is C23H26ClN3O4. The van der Waals surface area contributed by atoms with Crippen LogP contribution >= 0.6 is 11.6 Å². The Bertz CT molecular complexity index is 860. The first-order valence-corrected chi connectivity index (χ1v) is 10.4. The summed E-state index contributed by atoms with van der Waals surface area (Å²) in [5.74, 6) is -0.507. The third kappa shape index (κ3) is 10.3. The zero-order chi connectivity index (χ0) is 22.3. The quantitative estimate of drug-likeness (QED) is 0.367. The normalized spacial score (nSPS) is 11.5. The van der Waals surface area contributed by atoms with Gasteiger partial charge in [-0.15, -0.1) is 11.6 Å². The highest BCUT2D eigenvalue weighted by Gasteiger charge is 2.12. The molecule has 0 bridgehead atoms. The number of rotatable bonds is 11. The van der Waals surface area contributed by atoms with Crippen molar-refractivity contribution in [1.82, 2.24) is 16.0 Å². The highest BCUT2D eigenvalue weighted by atomic mass is 35.5. The lowest BCUT2D eigenvalue weighted by Crippen LogP contribution is -2.44. The van der Waals surface area contributed by atoms with Crippen LogP contribution in [0, 0.1) is 0 Å². The van der Waals surface area contributed by atoms with Crippen molar-refractivity contribution in [3.05, 3.63) is 83.9 Å². The average molecular weight is 444 g/mol. The monoisotopic (exact) mass is 443 g/mol. The molecule has 0 unspecified atom stereocenters. The van der Waals surface area contributed by atoms with Gasteiger partial charge < -0.3 is 20.7 Å². The lowest BCUT2D eigenvalue weighted by molar-refractivity contribution is -0.125. The number of alkyl halides is 1. The molecule has 0 saturated heterocycles. The Morgan fingerprint density at radius 2 is 1.48 bits per heavy atom. The molecule has 3 amide bonds. The number of allylic oxidation sites excluding steroid dienone is 1. The summed E-state index contributed by atoms with van der Waals surface area (Å²) in [6.45, 7) is -0.393. The first-order chi connectivity index (χ1) is 15.1. The van der Waals surface area contributed by atoms with Gasteiger partial charge in [0, 0.05) is 5.88 Å². The zero-order valence-corrected chi connectivity index (χ0v) is 17.8. The molecule has 2 aromatic carbocycles. The summed E-state index contributed by atoms with van der Waals surface area (Å²) in [4.78, 5) is 35.8. The van der Waals surface area contributed by atoms with Crippen molar-refractivity contribution in [3.63, 3.8) is 0 Å². The van der Waals surface area contributed by atoms with Gasteiger partial charge in [0.2, 0.25) is 11.8 Å². The highest BCUT2D eigenvalue weighted by molar-refractivity contribution is 6.18. The second-order valence-electron chi connectivity index (χ2n) is 6.64. The number of carbonyl (C=O) groups excluding carboxylic acids is 3. The van der Waals surface area contributed by atoms with Crippen LogP contribution in [-0.4, -0.2) is 42.9 Å². The minimum absolute atomic E-state index is 0.106. The Kier molecular flexibility index (Phi) is 10.7. The van der Waals surface area contributed by atoms with E-state index in [4.69, 9.17) is 16.3 Å². The van der Waals surface area contributed by atoms with Crippen LogP contribution in [0.4, 0.5) is 4.79 Å². The fourth-order valence-corrected chi connectivity index (χ4v) is 2.78. The maximum Gasteiger partial charge on any atom is 0.407 e. The van der Waals surface area contributed by atoms with Crippen molar-refractivity contribution < 1.29 is 19.1 Å². The van der Waals surface area contributed by atoms with Crippen LogP contribution in [0.15, 0.2) is 72.8 Å². The molecule has 0 aliphatic carbocycles. The van der Waals surface area contributed by atoms with E-state index in [0.717, 1.165) is 11.1 Å². The highest BCUT2D eigenvalue weighted by Crippen LogP contribution is 2.04. The molecule has 0 saturated carbocycles. The van der Waals surface area contributed by atoms with Gasteiger partial charge in [-0.3, -0.25) is 9.59 Å². The lowest BCUT2D eigenvalue weighted by atomic mass is 10.1. The molecule has 2 rings (SSSR count). The first kappa shape index (κ1) is 24.0. The van der Waals surface area contributed by atoms with Crippen molar-refractivity contribution >= 4 is 29.5 Å². The van der Waals surface area contributed by atoms with E-state index in [-0.39, 0.29) is 31.6 Å². The maximum absolute atomic E-state index is 12.2. The number of halogens is 1. The van der Waals surface area contributed by atoms with E-state index >= 15 is 0 Å². The van der Waals surface area contributed by atoms with E-state index in [1.165, 1.54) is 0 Å². The number of nitrogens with one attached hydrogen (secondary N) is 3. The molecule has 0 radical (unpaired) electrons. The molecule has 7 nitrogen and oxygen atoms in total. The molecule has 164 valence electrons. The summed E-state index contributed by atoms with van der Waals surface area (Å²) in [6.07, 6.45) is 3.48. The van der Waals surface area contributed by atoms with E-state index in [1.54, 1.807) is 6.08 Å². The summed E-state index contributed by atoms with van der Waals surface area (Å²) in [5.41, 5.74) is 1.90. The lowest BCUT2D eigenvalue weighted by Gasteiger charge is -2.16. The topological polar surface area (TPSA) is 96.5 Å². The Hall–Kier alpha value is -3.32. The smallest absolute Gasteiger partial charge is 0.407 e. The third-order valence-electron chi connectivity index (χ3n) is 4.15. The average Bonchev–Trinajstić information content (AvgIpc) is 2.79. The molecule has 0 spiro atoms. The van der Waals surface area contributed by atoms with Crippen molar-refractivity contribution in [3.8, 4) is 0 Å². The second-order valence-corrected chi connectivity index (χ2v) is 6.95. The molecule has 0 aromatic heterocycles. The number of benzene rings is 2. The summed E-state index contributed by atoms with van der Waals surface area (Å²) in [6, 6.07) is 18.7. The molecule has 0 aliphatic rings. The molecule has 0 heterocycles. The van der Waals surface area contributed by atoms with Gasteiger partial charge in [-0.2, -0.15) is 0 Å². The Morgan fingerprint density at radius 3 is 2.13 bits per heavy atom. The van der Waals surface area contributed by atoms with Gasteiger partial charge in [-0.05, 0) is 17.5 Å². The molecule has 31 heavy (non-hydrogen) atoms. The van der Waals surface area contributed by atoms with Crippen LogP contribution in [0.2, 0.25) is 0 Å². The second kappa shape index (κ2) is 13.8. The van der Waals surface area contributed by atoms with Crippen LogP contribution in [0.25, 0.3) is 0 Å². The standard InChI is InChI=1S/C23H26ClN3O4/c24-13-7-12-20(14-18-8-3-1-4-9-18)27-22(29)16-25-21(28)15-26-23(30)31-17-19-10-5-2-6-11-19/h1-12,20H,13-17H2,(H,25,28)(H,26,30)(H,27,29)/b12-7+/t20-/m1/s1. The van der Waals surface area contributed by atoms with E-state index in [9.17, 15) is 14.4 Å². The number of carbonyl (C=O) groups is 3. The summed E-state index contributed by atoms with van der Waals surface area (Å²) in [7, 11) is 0. The molecule has 0 fully saturated rings. The Labute approximate surface area is 186 Å². The predicted octanol–water partition coefficient (Wildman–Crippen LogP) is 2.55. The molecular weight excluding hydrogens is 418 g/mol. The molecule has 0 aliphatic heterocycles. The Balaban J connectivity index is 1.68. The van der Waals surface area contributed by atoms with Gasteiger partial charge in [0.25, 0.3) is 0 Å². The predicted molar refractivity (Wildman–Crippen MR) is 120 cm³/mol. The fraction of sp³-hybridized carbons (Fsp3) is 0.261. The minimum atomic E-state index is -0.711. The number of ether oxygens (including phenoxy) is 1. The van der Waals surface area contributed by atoms with Gasteiger partial charge in [0.05, 0.1) is 12.6 Å². The van der Waals surface area contributed by atoms with Crippen LogP contribution in [0.5, 0.6) is 0 Å². The van der Waals surface area contributed by atoms with Crippen molar-refractivity contribution in [2.45, 2.75) is 19.1 Å². The number of hydrogen-bond acceptors (Lipinski definition) is 4. The maximum atomic E-state index is 12.2. The molecule has 8 heteroatoms. The van der Waals surface area contributed by atoms with Crippen molar-refractivity contribution in [2.24, 2.45) is 0 Å². The minimum Gasteiger partial charge on any atom is -0.445 e. The van der Waals surface area contributed by atoms with E-state index < -0.39 is 12.0 Å². The SMILES string of the molecule is O=C(CNC(=O)OCc1ccccc1)NCC(=O)N[C@H](/C=C/CCl)Cc1ccccc1. The molecule has 1 atom stereocenters. The number of alkyl carbamates (subject to hydrolysis) is 1. The van der Waals surface area contributed by atoms with Crippen molar-refractivity contribution in [1.29, 1.82) is 0 Å². The number of amides is 3. The van der Waals surface area contributed by atoms with E-state index in [2.05, 4.69) is 16.0 Å². The van der Waals surface area contributed by atoms with Crippen LogP contribution in [0.1, 0.15) is 11.1 Å². The largest absolute Gasteiger partial charge is 0.445 e. The van der Waals surface area contributed by atoms with Gasteiger partial charge in [0.15, 0.2) is 0 Å². The molecule has 2 aromatic rings. The van der Waals surface area contributed by atoms with Gasteiger partial charge in [0.1, 0.15) is 13.2 Å². The van der Waals surface area contributed by atoms with E-state index in [0.29, 0.717) is 12.3 Å². The van der Waals surface area contributed by atoms with Gasteiger partial charge in [-0.1, -0.05) is 72.8 Å². The van der Waals surface area contributed by atoms with E-state index in [1.807, 2.05) is 66.7 Å². The molecule has 3 N–H and O–H groups in total. The van der Waals surface area contributed by atoms with Crippen LogP contribution < -0.4 is 16.0 Å². The first-order valence-electron chi connectivity index (χ1n) is 9.84. The Morgan fingerprint density at radius 1 is 0.871 bits per heavy atom. The summed E-state index contributed by atoms with van der Waals surface area (Å²) >= 11 is 5.70. The van der Waals surface area contributed by atoms with Crippen LogP contribution in [-0.2, 0) is 27.4 Å². The zero-order valence-electron chi connectivity index (χ0n) is 17.1. The third-order valence-corrected chi connectivity index (χ3v) is 4.33. The van der Waals surface area contributed by atoms with Gasteiger partial charge in [-0.25, -0.2) is 4.79 Å². The van der Waals surface area contributed by atoms with Crippen molar-refractivity contribution in [2.75, 3.05) is 19.0 Å². The van der Waals surface area contributed by atoms with Crippen LogP contribution in [0.3, 0.4) is 0 Å². The van der Waals surface area contributed by atoms with Gasteiger partial charge >= 0.3 is 6.09 Å². The fourth-order valence-electron chi connectivity index (χ4n) is 2.68.